The largest absolute Gasteiger partial charge is 0.356 e. The molecule has 29 heavy (non-hydrogen) atoms. The minimum Gasteiger partial charge on any atom is -0.356 e. The summed E-state index contributed by atoms with van der Waals surface area (Å²) in [6.45, 7) is 7.24. The van der Waals surface area contributed by atoms with Crippen molar-refractivity contribution in [1.82, 2.24) is 16.0 Å². The van der Waals surface area contributed by atoms with E-state index < -0.39 is 0 Å². The predicted molar refractivity (Wildman–Crippen MR) is 132 cm³/mol. The second-order valence-corrected chi connectivity index (χ2v) is 8.07. The van der Waals surface area contributed by atoms with Gasteiger partial charge in [-0.25, -0.2) is 0 Å². The Kier molecular flexibility index (Phi) is 10.5. The van der Waals surface area contributed by atoms with Crippen molar-refractivity contribution in [2.45, 2.75) is 39.3 Å². The molecule has 2 aromatic rings. The Bertz CT molecular complexity index is 816. The highest BCUT2D eigenvalue weighted by atomic mass is 127. The maximum absolute atomic E-state index is 12.3. The Morgan fingerprint density at radius 3 is 2.34 bits per heavy atom. The summed E-state index contributed by atoms with van der Waals surface area (Å²) in [6, 6.07) is 15.4. The van der Waals surface area contributed by atoms with Gasteiger partial charge in [0.15, 0.2) is 5.96 Å². The first-order valence-corrected chi connectivity index (χ1v) is 9.75. The second-order valence-electron chi connectivity index (χ2n) is 7.63. The lowest BCUT2D eigenvalue weighted by Crippen LogP contribution is -2.40. The van der Waals surface area contributed by atoms with Crippen LogP contribution in [0, 0.1) is 0 Å². The number of carbonyl (C=O) groups excluding carboxylic acids is 1. The van der Waals surface area contributed by atoms with Crippen molar-refractivity contribution in [3.05, 3.63) is 70.2 Å². The number of rotatable bonds is 6. The van der Waals surface area contributed by atoms with Gasteiger partial charge in [-0.15, -0.1) is 24.0 Å². The molecule has 2 rings (SSSR count). The summed E-state index contributed by atoms with van der Waals surface area (Å²) in [5, 5.41) is 10.3. The molecule has 0 aromatic heterocycles. The SMILES string of the molecule is CN=C(NCCc1ccc(Cl)cc1)NCc1cccc(C(=O)NC(C)(C)C)c1.I. The number of guanidine groups is 1. The van der Waals surface area contributed by atoms with Gasteiger partial charge in [0, 0.05) is 36.3 Å². The number of halogens is 2. The van der Waals surface area contributed by atoms with Crippen molar-refractivity contribution in [2.75, 3.05) is 13.6 Å². The smallest absolute Gasteiger partial charge is 0.251 e. The average Bonchev–Trinajstić information content (AvgIpc) is 2.65. The van der Waals surface area contributed by atoms with Gasteiger partial charge in [-0.3, -0.25) is 9.79 Å². The fourth-order valence-electron chi connectivity index (χ4n) is 2.62. The number of hydrogen-bond donors (Lipinski definition) is 3. The van der Waals surface area contributed by atoms with Crippen molar-refractivity contribution in [3.63, 3.8) is 0 Å². The van der Waals surface area contributed by atoms with Crippen LogP contribution in [0.5, 0.6) is 0 Å². The first-order chi connectivity index (χ1) is 13.3. The maximum Gasteiger partial charge on any atom is 0.251 e. The molecule has 0 bridgehead atoms. The van der Waals surface area contributed by atoms with Crippen LogP contribution in [0.25, 0.3) is 0 Å². The van der Waals surface area contributed by atoms with Gasteiger partial charge < -0.3 is 16.0 Å². The van der Waals surface area contributed by atoms with Crippen LogP contribution in [-0.2, 0) is 13.0 Å². The van der Waals surface area contributed by atoms with Crippen molar-refractivity contribution >= 4 is 47.4 Å². The molecule has 0 unspecified atom stereocenters. The zero-order valence-electron chi connectivity index (χ0n) is 17.4. The van der Waals surface area contributed by atoms with E-state index in [9.17, 15) is 4.79 Å². The maximum atomic E-state index is 12.3. The molecule has 0 saturated carbocycles. The van der Waals surface area contributed by atoms with Gasteiger partial charge in [-0.2, -0.15) is 0 Å². The molecule has 0 fully saturated rings. The lowest BCUT2D eigenvalue weighted by molar-refractivity contribution is 0.0919. The van der Waals surface area contributed by atoms with Crippen LogP contribution < -0.4 is 16.0 Å². The molecule has 0 aliphatic carbocycles. The molecule has 0 heterocycles. The van der Waals surface area contributed by atoms with Gasteiger partial charge in [0.05, 0.1) is 0 Å². The third-order valence-corrected chi connectivity index (χ3v) is 4.23. The van der Waals surface area contributed by atoms with Crippen LogP contribution in [0.1, 0.15) is 42.3 Å². The van der Waals surface area contributed by atoms with E-state index in [2.05, 4.69) is 20.9 Å². The van der Waals surface area contributed by atoms with E-state index in [1.165, 1.54) is 5.56 Å². The van der Waals surface area contributed by atoms with Gasteiger partial charge >= 0.3 is 0 Å². The normalized spacial score (nSPS) is 11.4. The number of amides is 1. The summed E-state index contributed by atoms with van der Waals surface area (Å²) in [5.74, 6) is 0.651. The van der Waals surface area contributed by atoms with E-state index in [1.54, 1.807) is 7.05 Å². The fourth-order valence-corrected chi connectivity index (χ4v) is 2.74. The number of aliphatic imine (C=N–C) groups is 1. The highest BCUT2D eigenvalue weighted by Gasteiger charge is 2.15. The Hall–Kier alpha value is -1.80. The molecule has 7 heteroatoms. The summed E-state index contributed by atoms with van der Waals surface area (Å²) in [7, 11) is 1.74. The van der Waals surface area contributed by atoms with Gasteiger partial charge in [-0.1, -0.05) is 35.9 Å². The number of carbonyl (C=O) groups is 1. The Morgan fingerprint density at radius 2 is 1.72 bits per heavy atom. The predicted octanol–water partition coefficient (Wildman–Crippen LogP) is 4.39. The van der Waals surface area contributed by atoms with Crippen LogP contribution >= 0.6 is 35.6 Å². The summed E-state index contributed by atoms with van der Waals surface area (Å²) >= 11 is 5.91. The third kappa shape index (κ3) is 9.49. The van der Waals surface area contributed by atoms with Gasteiger partial charge in [0.25, 0.3) is 5.91 Å². The summed E-state index contributed by atoms with van der Waals surface area (Å²) in [5.41, 5.74) is 2.62. The third-order valence-electron chi connectivity index (χ3n) is 3.98. The highest BCUT2D eigenvalue weighted by Crippen LogP contribution is 2.10. The molecule has 0 atom stereocenters. The van der Waals surface area contributed by atoms with Crippen molar-refractivity contribution in [2.24, 2.45) is 4.99 Å². The molecule has 0 aliphatic rings. The fraction of sp³-hybridized carbons (Fsp3) is 0.364. The molecule has 5 nitrogen and oxygen atoms in total. The van der Waals surface area contributed by atoms with Crippen molar-refractivity contribution < 1.29 is 4.79 Å². The summed E-state index contributed by atoms with van der Waals surface area (Å²) < 4.78 is 0. The van der Waals surface area contributed by atoms with Gasteiger partial charge in [0.2, 0.25) is 0 Å². The molecular weight excluding hydrogens is 499 g/mol. The quantitative estimate of drug-likeness (QED) is 0.296. The van der Waals surface area contributed by atoms with Crippen LogP contribution in [-0.4, -0.2) is 31.0 Å². The van der Waals surface area contributed by atoms with E-state index in [1.807, 2.05) is 69.3 Å². The molecule has 3 N–H and O–H groups in total. The summed E-state index contributed by atoms with van der Waals surface area (Å²) in [4.78, 5) is 16.6. The lowest BCUT2D eigenvalue weighted by Gasteiger charge is -2.20. The minimum absolute atomic E-state index is 0. The molecular formula is C22H30ClIN4O. The van der Waals surface area contributed by atoms with E-state index in [4.69, 9.17) is 11.6 Å². The standard InChI is InChI=1S/C22H29ClN4O.HI/c1-22(2,3)27-20(28)18-7-5-6-17(14-18)15-26-21(24-4)25-13-12-16-8-10-19(23)11-9-16;/h5-11,14H,12-13,15H2,1-4H3,(H,27,28)(H2,24,25,26);1H. The average molecular weight is 529 g/mol. The number of nitrogens with zero attached hydrogens (tertiary/aromatic N) is 1. The zero-order valence-corrected chi connectivity index (χ0v) is 20.5. The van der Waals surface area contributed by atoms with Crippen LogP contribution in [0.4, 0.5) is 0 Å². The molecule has 158 valence electrons. The van der Waals surface area contributed by atoms with E-state index in [-0.39, 0.29) is 35.4 Å². The van der Waals surface area contributed by atoms with Crippen LogP contribution in [0.3, 0.4) is 0 Å². The van der Waals surface area contributed by atoms with Crippen LogP contribution in [0.15, 0.2) is 53.5 Å². The minimum atomic E-state index is -0.263. The highest BCUT2D eigenvalue weighted by molar-refractivity contribution is 14.0. The number of nitrogens with one attached hydrogen (secondary N) is 3. The van der Waals surface area contributed by atoms with E-state index in [0.717, 1.165) is 29.5 Å². The van der Waals surface area contributed by atoms with Gasteiger partial charge in [-0.05, 0) is 62.6 Å². The molecule has 0 aliphatic heterocycles. The van der Waals surface area contributed by atoms with Crippen LogP contribution in [0.2, 0.25) is 5.02 Å². The molecule has 0 spiro atoms. The topological polar surface area (TPSA) is 65.5 Å². The lowest BCUT2D eigenvalue weighted by atomic mass is 10.1. The van der Waals surface area contributed by atoms with Gasteiger partial charge in [0.1, 0.15) is 0 Å². The number of hydrogen-bond acceptors (Lipinski definition) is 2. The first kappa shape index (κ1) is 25.2. The Balaban J connectivity index is 0.00000420. The zero-order chi connectivity index (χ0) is 20.6. The van der Waals surface area contributed by atoms with E-state index in [0.29, 0.717) is 12.1 Å². The monoisotopic (exact) mass is 528 g/mol. The summed E-state index contributed by atoms with van der Waals surface area (Å²) in [6.07, 6.45) is 0.875. The molecule has 0 radical (unpaired) electrons. The Labute approximate surface area is 195 Å². The molecule has 2 aromatic carbocycles. The van der Waals surface area contributed by atoms with Crippen molar-refractivity contribution in [1.29, 1.82) is 0 Å². The van der Waals surface area contributed by atoms with Crippen molar-refractivity contribution in [3.8, 4) is 0 Å². The Morgan fingerprint density at radius 1 is 1.03 bits per heavy atom. The molecule has 0 saturated heterocycles. The van der Waals surface area contributed by atoms with E-state index >= 15 is 0 Å². The first-order valence-electron chi connectivity index (χ1n) is 9.37. The molecule has 1 amide bonds. The second kappa shape index (κ2) is 12.0. The number of benzene rings is 2.